The Bertz CT molecular complexity index is 604. The molecule has 0 aliphatic carbocycles. The second-order valence-corrected chi connectivity index (χ2v) is 5.19. The number of aryl methyl sites for hydroxylation is 1. The van der Waals surface area contributed by atoms with E-state index in [-0.39, 0.29) is 6.10 Å². The van der Waals surface area contributed by atoms with Crippen LogP contribution in [0.4, 0.5) is 11.8 Å². The average Bonchev–Trinajstić information content (AvgIpc) is 2.91. The van der Waals surface area contributed by atoms with E-state index in [0.717, 1.165) is 36.6 Å². The van der Waals surface area contributed by atoms with Crippen LogP contribution >= 0.6 is 0 Å². The van der Waals surface area contributed by atoms with Crippen molar-refractivity contribution in [2.75, 3.05) is 23.7 Å². The maximum Gasteiger partial charge on any atom is 0.224 e. The predicted octanol–water partition coefficient (Wildman–Crippen LogP) is 2.63. The lowest BCUT2D eigenvalue weighted by Crippen LogP contribution is -2.24. The zero-order valence-corrected chi connectivity index (χ0v) is 12.4. The van der Waals surface area contributed by atoms with Crippen molar-refractivity contribution in [1.82, 2.24) is 9.97 Å². The van der Waals surface area contributed by atoms with Crippen LogP contribution in [0.1, 0.15) is 18.1 Å². The van der Waals surface area contributed by atoms with E-state index in [4.69, 9.17) is 4.74 Å². The molecule has 5 nitrogen and oxygen atoms in total. The second-order valence-electron chi connectivity index (χ2n) is 5.19. The molecule has 1 aliphatic heterocycles. The van der Waals surface area contributed by atoms with Gasteiger partial charge in [-0.1, -0.05) is 18.2 Å². The molecular formula is C16H20N4O. The maximum atomic E-state index is 5.92. The minimum Gasteiger partial charge on any atom is -0.488 e. The van der Waals surface area contributed by atoms with Gasteiger partial charge in [0.1, 0.15) is 17.7 Å². The van der Waals surface area contributed by atoms with Crippen molar-refractivity contribution in [2.24, 2.45) is 0 Å². The van der Waals surface area contributed by atoms with Crippen molar-refractivity contribution >= 4 is 11.8 Å². The maximum absolute atomic E-state index is 5.92. The van der Waals surface area contributed by atoms with Crippen LogP contribution in [-0.4, -0.2) is 29.2 Å². The number of benzene rings is 1. The number of para-hydroxylation sites is 1. The summed E-state index contributed by atoms with van der Waals surface area (Å²) in [6.07, 6.45) is 2.92. The van der Waals surface area contributed by atoms with E-state index in [2.05, 4.69) is 32.7 Å². The number of nitrogens with zero attached hydrogens (tertiary/aromatic N) is 2. The van der Waals surface area contributed by atoms with E-state index in [1.807, 2.05) is 32.2 Å². The van der Waals surface area contributed by atoms with Crippen LogP contribution in [0.2, 0.25) is 0 Å². The topological polar surface area (TPSA) is 59.1 Å². The number of hydrogen-bond acceptors (Lipinski definition) is 5. The third-order valence-electron chi connectivity index (χ3n) is 3.52. The SMILES string of the molecule is CCNc1ncc(C)c(NCC2Cc3ccccc3O2)n1. The van der Waals surface area contributed by atoms with Crippen LogP contribution in [0, 0.1) is 6.92 Å². The Morgan fingerprint density at radius 1 is 1.29 bits per heavy atom. The standard InChI is InChI=1S/C16H20N4O/c1-3-17-16-19-9-11(2)15(20-16)18-10-13-8-12-6-4-5-7-14(12)21-13/h4-7,9,13H,3,8,10H2,1-2H3,(H2,17,18,19,20). The molecule has 110 valence electrons. The van der Waals surface area contributed by atoms with Crippen molar-refractivity contribution < 1.29 is 4.74 Å². The van der Waals surface area contributed by atoms with Crippen LogP contribution in [-0.2, 0) is 6.42 Å². The third kappa shape index (κ3) is 3.07. The van der Waals surface area contributed by atoms with E-state index in [9.17, 15) is 0 Å². The van der Waals surface area contributed by atoms with Crippen molar-refractivity contribution in [1.29, 1.82) is 0 Å². The molecule has 1 aromatic carbocycles. The van der Waals surface area contributed by atoms with Crippen LogP contribution in [0.25, 0.3) is 0 Å². The Hall–Kier alpha value is -2.30. The second kappa shape index (κ2) is 5.99. The molecule has 5 heteroatoms. The summed E-state index contributed by atoms with van der Waals surface area (Å²) in [5.74, 6) is 2.51. The quantitative estimate of drug-likeness (QED) is 0.884. The molecule has 2 heterocycles. The summed E-state index contributed by atoms with van der Waals surface area (Å²) in [5.41, 5.74) is 2.31. The molecule has 0 bridgehead atoms. The van der Waals surface area contributed by atoms with Gasteiger partial charge in [0.25, 0.3) is 0 Å². The number of rotatable bonds is 5. The lowest BCUT2D eigenvalue weighted by Gasteiger charge is -2.14. The van der Waals surface area contributed by atoms with Gasteiger partial charge in [0.15, 0.2) is 0 Å². The Labute approximate surface area is 124 Å². The normalized spacial score (nSPS) is 16.2. The van der Waals surface area contributed by atoms with Gasteiger partial charge in [-0.25, -0.2) is 4.98 Å². The summed E-state index contributed by atoms with van der Waals surface area (Å²) < 4.78 is 5.92. The van der Waals surface area contributed by atoms with E-state index in [1.54, 1.807) is 0 Å². The zero-order valence-electron chi connectivity index (χ0n) is 12.4. The molecule has 1 atom stereocenters. The van der Waals surface area contributed by atoms with Gasteiger partial charge in [-0.15, -0.1) is 0 Å². The van der Waals surface area contributed by atoms with Crippen molar-refractivity contribution in [3.8, 4) is 5.75 Å². The molecule has 2 N–H and O–H groups in total. The molecule has 0 amide bonds. The molecule has 1 aliphatic rings. The highest BCUT2D eigenvalue weighted by Gasteiger charge is 2.22. The molecule has 1 unspecified atom stereocenters. The van der Waals surface area contributed by atoms with E-state index < -0.39 is 0 Å². The highest BCUT2D eigenvalue weighted by Crippen LogP contribution is 2.28. The van der Waals surface area contributed by atoms with Gasteiger partial charge in [0, 0.05) is 24.7 Å². The minimum atomic E-state index is 0.152. The summed E-state index contributed by atoms with van der Waals surface area (Å²) in [7, 11) is 0. The predicted molar refractivity (Wildman–Crippen MR) is 84.0 cm³/mol. The zero-order chi connectivity index (χ0) is 14.7. The molecule has 0 saturated heterocycles. The van der Waals surface area contributed by atoms with Crippen LogP contribution in [0.5, 0.6) is 5.75 Å². The van der Waals surface area contributed by atoms with Crippen LogP contribution < -0.4 is 15.4 Å². The van der Waals surface area contributed by atoms with Gasteiger partial charge >= 0.3 is 0 Å². The first-order chi connectivity index (χ1) is 10.3. The minimum absolute atomic E-state index is 0.152. The number of nitrogens with one attached hydrogen (secondary N) is 2. The van der Waals surface area contributed by atoms with E-state index >= 15 is 0 Å². The molecule has 3 rings (SSSR count). The molecule has 21 heavy (non-hydrogen) atoms. The van der Waals surface area contributed by atoms with E-state index in [1.165, 1.54) is 5.56 Å². The molecule has 0 spiro atoms. The number of ether oxygens (including phenoxy) is 1. The van der Waals surface area contributed by atoms with Crippen LogP contribution in [0.3, 0.4) is 0 Å². The van der Waals surface area contributed by atoms with E-state index in [0.29, 0.717) is 5.95 Å². The smallest absolute Gasteiger partial charge is 0.224 e. The lowest BCUT2D eigenvalue weighted by atomic mass is 10.1. The Kier molecular flexibility index (Phi) is 3.90. The summed E-state index contributed by atoms with van der Waals surface area (Å²) in [6.45, 7) is 5.57. The van der Waals surface area contributed by atoms with Gasteiger partial charge in [-0.05, 0) is 25.5 Å². The van der Waals surface area contributed by atoms with Gasteiger partial charge in [-0.3, -0.25) is 0 Å². The fourth-order valence-electron chi connectivity index (χ4n) is 2.44. The number of hydrogen-bond donors (Lipinski definition) is 2. The highest BCUT2D eigenvalue weighted by atomic mass is 16.5. The lowest BCUT2D eigenvalue weighted by molar-refractivity contribution is 0.246. The van der Waals surface area contributed by atoms with Gasteiger partial charge in [0.05, 0.1) is 6.54 Å². The average molecular weight is 284 g/mol. The Morgan fingerprint density at radius 2 is 2.14 bits per heavy atom. The Morgan fingerprint density at radius 3 is 2.95 bits per heavy atom. The van der Waals surface area contributed by atoms with Gasteiger partial charge in [0.2, 0.25) is 5.95 Å². The number of aromatic nitrogens is 2. The monoisotopic (exact) mass is 284 g/mol. The first kappa shape index (κ1) is 13.7. The summed E-state index contributed by atoms with van der Waals surface area (Å²) in [4.78, 5) is 8.73. The van der Waals surface area contributed by atoms with Gasteiger partial charge in [-0.2, -0.15) is 4.98 Å². The largest absolute Gasteiger partial charge is 0.488 e. The Balaban J connectivity index is 1.62. The summed E-state index contributed by atoms with van der Waals surface area (Å²) in [6, 6.07) is 8.20. The van der Waals surface area contributed by atoms with Crippen molar-refractivity contribution in [2.45, 2.75) is 26.4 Å². The van der Waals surface area contributed by atoms with Gasteiger partial charge < -0.3 is 15.4 Å². The fourth-order valence-corrected chi connectivity index (χ4v) is 2.44. The third-order valence-corrected chi connectivity index (χ3v) is 3.52. The first-order valence-corrected chi connectivity index (χ1v) is 7.32. The number of fused-ring (bicyclic) bond motifs is 1. The highest BCUT2D eigenvalue weighted by molar-refractivity contribution is 5.47. The molecule has 0 fully saturated rings. The fraction of sp³-hybridized carbons (Fsp3) is 0.375. The van der Waals surface area contributed by atoms with Crippen molar-refractivity contribution in [3.63, 3.8) is 0 Å². The molecule has 0 radical (unpaired) electrons. The first-order valence-electron chi connectivity index (χ1n) is 7.32. The molecule has 2 aromatic rings. The number of anilines is 2. The summed E-state index contributed by atoms with van der Waals surface area (Å²) >= 11 is 0. The van der Waals surface area contributed by atoms with Crippen LogP contribution in [0.15, 0.2) is 30.5 Å². The molecule has 1 aromatic heterocycles. The molecule has 0 saturated carbocycles. The summed E-state index contributed by atoms with van der Waals surface area (Å²) in [5, 5.41) is 6.50. The molecular weight excluding hydrogens is 264 g/mol. The van der Waals surface area contributed by atoms with Crippen molar-refractivity contribution in [3.05, 3.63) is 41.6 Å².